The maximum atomic E-state index is 13.5. The number of nitrogens with zero attached hydrogens (tertiary/aromatic N) is 2. The standard InChI is InChI=1S/C26H25BrN2O2S2/c1-26(2)14-20-21(15-31-26)33-24-22(23(20)30)28-25(32-16-18-8-10-19(27)11-9-18)29(24)13-12-17-6-4-3-5-7-17/h3-11H,12-16H2,1-2H3. The van der Waals surface area contributed by atoms with Crippen molar-refractivity contribution < 1.29 is 4.74 Å². The molecule has 1 aliphatic heterocycles. The minimum atomic E-state index is -0.318. The lowest BCUT2D eigenvalue weighted by Gasteiger charge is -2.30. The fraction of sp³-hybridized carbons (Fsp3) is 0.308. The Labute approximate surface area is 210 Å². The predicted molar refractivity (Wildman–Crippen MR) is 140 cm³/mol. The number of imidazole rings is 1. The number of ether oxygens (including phenoxy) is 1. The molecule has 0 aliphatic carbocycles. The molecule has 0 saturated carbocycles. The number of benzene rings is 2. The summed E-state index contributed by atoms with van der Waals surface area (Å²) in [7, 11) is 0. The molecule has 170 valence electrons. The normalized spacial score (nSPS) is 15.0. The zero-order valence-corrected chi connectivity index (χ0v) is 21.9. The third kappa shape index (κ3) is 4.97. The quantitative estimate of drug-likeness (QED) is 0.258. The van der Waals surface area contributed by atoms with E-state index in [0.29, 0.717) is 18.5 Å². The van der Waals surface area contributed by atoms with E-state index in [0.717, 1.165) is 43.6 Å². The summed E-state index contributed by atoms with van der Waals surface area (Å²) in [6.07, 6.45) is 1.52. The second-order valence-electron chi connectivity index (χ2n) is 8.91. The van der Waals surface area contributed by atoms with Crippen molar-refractivity contribution in [3.8, 4) is 0 Å². The van der Waals surface area contributed by atoms with Gasteiger partial charge in [-0.2, -0.15) is 0 Å². The van der Waals surface area contributed by atoms with Crippen LogP contribution in [0.5, 0.6) is 0 Å². The second-order valence-corrected chi connectivity index (χ2v) is 11.9. The molecule has 5 rings (SSSR count). The van der Waals surface area contributed by atoms with E-state index >= 15 is 0 Å². The molecule has 2 aromatic carbocycles. The summed E-state index contributed by atoms with van der Waals surface area (Å²) in [5.74, 6) is 0.802. The number of aromatic nitrogens is 2. The van der Waals surface area contributed by atoms with Crippen LogP contribution in [0.25, 0.3) is 10.3 Å². The fourth-order valence-corrected chi connectivity index (χ4v) is 6.54. The summed E-state index contributed by atoms with van der Waals surface area (Å²) < 4.78 is 9.32. The van der Waals surface area contributed by atoms with Crippen LogP contribution in [0.4, 0.5) is 0 Å². The van der Waals surface area contributed by atoms with Gasteiger partial charge in [-0.1, -0.05) is 70.2 Å². The van der Waals surface area contributed by atoms with Crippen LogP contribution in [0.3, 0.4) is 0 Å². The molecular weight excluding hydrogens is 516 g/mol. The van der Waals surface area contributed by atoms with Crippen molar-refractivity contribution in [2.24, 2.45) is 0 Å². The molecule has 0 fully saturated rings. The number of hydrogen-bond acceptors (Lipinski definition) is 5. The van der Waals surface area contributed by atoms with Gasteiger partial charge in [-0.25, -0.2) is 4.98 Å². The third-order valence-corrected chi connectivity index (χ3v) is 8.67. The first kappa shape index (κ1) is 22.8. The van der Waals surface area contributed by atoms with Gasteiger partial charge in [-0.05, 0) is 43.5 Å². The minimum absolute atomic E-state index is 0.0686. The van der Waals surface area contributed by atoms with Gasteiger partial charge in [0.15, 0.2) is 5.16 Å². The molecule has 0 N–H and O–H groups in total. The zero-order valence-electron chi connectivity index (χ0n) is 18.6. The van der Waals surface area contributed by atoms with Crippen molar-refractivity contribution in [2.75, 3.05) is 0 Å². The van der Waals surface area contributed by atoms with E-state index < -0.39 is 0 Å². The fourth-order valence-electron chi connectivity index (χ4n) is 4.07. The lowest BCUT2D eigenvalue weighted by Crippen LogP contribution is -2.34. The highest BCUT2D eigenvalue weighted by molar-refractivity contribution is 9.10. The highest BCUT2D eigenvalue weighted by Gasteiger charge is 2.30. The van der Waals surface area contributed by atoms with E-state index in [2.05, 4.69) is 69.0 Å². The highest BCUT2D eigenvalue weighted by atomic mass is 79.9. The van der Waals surface area contributed by atoms with Gasteiger partial charge in [-0.15, -0.1) is 11.3 Å². The van der Waals surface area contributed by atoms with Crippen LogP contribution in [0.15, 0.2) is 69.0 Å². The van der Waals surface area contributed by atoms with Crippen molar-refractivity contribution >= 4 is 49.4 Å². The summed E-state index contributed by atoms with van der Waals surface area (Å²) in [6.45, 7) is 5.36. The van der Waals surface area contributed by atoms with Crippen LogP contribution in [-0.4, -0.2) is 15.2 Å². The zero-order chi connectivity index (χ0) is 23.0. The molecule has 7 heteroatoms. The number of hydrogen-bond donors (Lipinski definition) is 0. The Kier molecular flexibility index (Phi) is 6.49. The summed E-state index contributed by atoms with van der Waals surface area (Å²) in [6, 6.07) is 18.8. The molecule has 0 bridgehead atoms. The first-order valence-corrected chi connectivity index (χ1v) is 13.6. The van der Waals surface area contributed by atoms with Gasteiger partial charge in [0, 0.05) is 33.6 Å². The highest BCUT2D eigenvalue weighted by Crippen LogP contribution is 2.34. The molecule has 2 aromatic heterocycles. The van der Waals surface area contributed by atoms with Crippen molar-refractivity contribution in [3.05, 3.63) is 90.9 Å². The number of halogens is 1. The van der Waals surface area contributed by atoms with E-state index in [1.807, 2.05) is 19.9 Å². The topological polar surface area (TPSA) is 44.1 Å². The first-order valence-electron chi connectivity index (χ1n) is 11.0. The smallest absolute Gasteiger partial charge is 0.211 e. The van der Waals surface area contributed by atoms with Gasteiger partial charge in [-0.3, -0.25) is 4.79 Å². The number of thioether (sulfide) groups is 1. The number of aryl methyl sites for hydroxylation is 2. The van der Waals surface area contributed by atoms with Crippen LogP contribution < -0.4 is 5.43 Å². The van der Waals surface area contributed by atoms with Gasteiger partial charge in [0.2, 0.25) is 5.43 Å². The van der Waals surface area contributed by atoms with Crippen LogP contribution in [0, 0.1) is 0 Å². The van der Waals surface area contributed by atoms with Gasteiger partial charge in [0.05, 0.1) is 12.2 Å². The molecule has 0 spiro atoms. The molecule has 0 atom stereocenters. The Morgan fingerprint density at radius 2 is 1.88 bits per heavy atom. The summed E-state index contributed by atoms with van der Waals surface area (Å²) in [5.41, 5.74) is 3.73. The summed E-state index contributed by atoms with van der Waals surface area (Å²) >= 11 is 6.86. The Morgan fingerprint density at radius 3 is 2.64 bits per heavy atom. The second kappa shape index (κ2) is 9.37. The molecule has 4 aromatic rings. The van der Waals surface area contributed by atoms with Gasteiger partial charge in [0.1, 0.15) is 10.3 Å². The molecule has 0 amide bonds. The van der Waals surface area contributed by atoms with Crippen LogP contribution >= 0.6 is 39.0 Å². The van der Waals surface area contributed by atoms with E-state index in [9.17, 15) is 4.79 Å². The average molecular weight is 542 g/mol. The van der Waals surface area contributed by atoms with Gasteiger partial charge >= 0.3 is 0 Å². The monoisotopic (exact) mass is 540 g/mol. The Bertz CT molecular complexity index is 1340. The molecular formula is C26H25BrN2O2S2. The molecule has 0 unspecified atom stereocenters. The molecule has 0 saturated heterocycles. The lowest BCUT2D eigenvalue weighted by atomic mass is 9.96. The van der Waals surface area contributed by atoms with E-state index in [1.54, 1.807) is 23.1 Å². The van der Waals surface area contributed by atoms with Crippen LogP contribution in [-0.2, 0) is 36.5 Å². The average Bonchev–Trinajstić information content (AvgIpc) is 3.16. The van der Waals surface area contributed by atoms with Crippen LogP contribution in [0.1, 0.15) is 35.4 Å². The Morgan fingerprint density at radius 1 is 1.12 bits per heavy atom. The Balaban J connectivity index is 1.54. The van der Waals surface area contributed by atoms with Gasteiger partial charge in [0.25, 0.3) is 0 Å². The number of rotatable bonds is 6. The van der Waals surface area contributed by atoms with E-state index in [-0.39, 0.29) is 11.0 Å². The molecule has 3 heterocycles. The molecule has 1 aliphatic rings. The van der Waals surface area contributed by atoms with Crippen molar-refractivity contribution in [3.63, 3.8) is 0 Å². The Hall–Kier alpha value is -1.93. The van der Waals surface area contributed by atoms with E-state index in [4.69, 9.17) is 9.72 Å². The molecule has 0 radical (unpaired) electrons. The predicted octanol–water partition coefficient (Wildman–Crippen LogP) is 6.61. The maximum absolute atomic E-state index is 13.5. The number of fused-ring (bicyclic) bond motifs is 2. The van der Waals surface area contributed by atoms with Gasteiger partial charge < -0.3 is 9.30 Å². The maximum Gasteiger partial charge on any atom is 0.211 e. The van der Waals surface area contributed by atoms with Crippen molar-refractivity contribution in [1.82, 2.24) is 9.55 Å². The third-order valence-electron chi connectivity index (χ3n) is 5.88. The van der Waals surface area contributed by atoms with Crippen LogP contribution in [0.2, 0.25) is 0 Å². The lowest BCUT2D eigenvalue weighted by molar-refractivity contribution is -0.0386. The minimum Gasteiger partial charge on any atom is -0.370 e. The first-order chi connectivity index (χ1) is 15.9. The van der Waals surface area contributed by atoms with Crippen molar-refractivity contribution in [2.45, 2.75) is 56.4 Å². The molecule has 33 heavy (non-hydrogen) atoms. The summed E-state index contributed by atoms with van der Waals surface area (Å²) in [5, 5.41) is 0.903. The van der Waals surface area contributed by atoms with E-state index in [1.165, 1.54) is 11.1 Å². The SMILES string of the molecule is CC1(C)Cc2c(sc3c(nc(SCc4ccc(Br)cc4)n3CCc3ccccc3)c2=O)CO1. The molecule has 4 nitrogen and oxygen atoms in total. The summed E-state index contributed by atoms with van der Waals surface area (Å²) in [4.78, 5) is 20.4. The van der Waals surface area contributed by atoms with Crippen molar-refractivity contribution in [1.29, 1.82) is 0 Å². The largest absolute Gasteiger partial charge is 0.370 e.